The number of rotatable bonds is 56. The highest BCUT2D eigenvalue weighted by atomic mass is 31.2. The summed E-state index contributed by atoms with van der Waals surface area (Å²) in [6.45, 7) is 9.27. The summed E-state index contributed by atoms with van der Waals surface area (Å²) in [5.41, 5.74) is 0. The number of esters is 4. The smallest absolute Gasteiger partial charge is 0.462 e. The van der Waals surface area contributed by atoms with Gasteiger partial charge in [0.2, 0.25) is 0 Å². The van der Waals surface area contributed by atoms with Crippen molar-refractivity contribution >= 4 is 39.5 Å². The Labute approximate surface area is 460 Å². The lowest BCUT2D eigenvalue weighted by Crippen LogP contribution is -2.30. The van der Waals surface area contributed by atoms with Gasteiger partial charge in [-0.25, -0.2) is 9.13 Å². The van der Waals surface area contributed by atoms with Crippen LogP contribution in [-0.4, -0.2) is 96.7 Å². The molecule has 0 aromatic rings. The molecule has 0 aliphatic carbocycles. The summed E-state index contributed by atoms with van der Waals surface area (Å²) in [4.78, 5) is 71.6. The Balaban J connectivity index is 5.20. The Kier molecular flexibility index (Phi) is 48.8. The molecule has 0 radical (unpaired) electrons. The molecule has 0 aliphatic rings. The van der Waals surface area contributed by atoms with E-state index < -0.39 is 97.5 Å². The fraction of sp³-hybridized carbons (Fsp3) is 0.930. The molecule has 0 rings (SSSR count). The van der Waals surface area contributed by atoms with Crippen molar-refractivity contribution in [2.75, 3.05) is 39.6 Å². The molecule has 450 valence electrons. The summed E-state index contributed by atoms with van der Waals surface area (Å²) in [6, 6.07) is 0. The minimum absolute atomic E-state index is 0.103. The minimum Gasteiger partial charge on any atom is -0.462 e. The molecule has 5 atom stereocenters. The predicted molar refractivity (Wildman–Crippen MR) is 298 cm³/mol. The Bertz CT molecular complexity index is 1510. The maximum absolute atomic E-state index is 12.9. The van der Waals surface area contributed by atoms with E-state index in [9.17, 15) is 43.2 Å². The predicted octanol–water partition coefficient (Wildman–Crippen LogP) is 14.9. The first-order valence-corrected chi connectivity index (χ1v) is 33.0. The Morgan fingerprint density at radius 1 is 0.355 bits per heavy atom. The lowest BCUT2D eigenvalue weighted by atomic mass is 10.0. The monoisotopic (exact) mass is 1130 g/mol. The van der Waals surface area contributed by atoms with Crippen LogP contribution >= 0.6 is 15.6 Å². The van der Waals surface area contributed by atoms with Crippen molar-refractivity contribution in [2.45, 2.75) is 291 Å². The van der Waals surface area contributed by atoms with Crippen LogP contribution in [-0.2, 0) is 65.4 Å². The molecule has 0 amide bonds. The van der Waals surface area contributed by atoms with E-state index in [1.807, 2.05) is 0 Å². The Morgan fingerprint density at radius 3 is 0.895 bits per heavy atom. The molecule has 0 aromatic heterocycles. The van der Waals surface area contributed by atoms with Crippen molar-refractivity contribution in [3.05, 3.63) is 0 Å². The number of unbranched alkanes of at least 4 members (excludes halogenated alkanes) is 26. The third-order valence-electron chi connectivity index (χ3n) is 13.0. The van der Waals surface area contributed by atoms with Gasteiger partial charge in [0.1, 0.15) is 19.3 Å². The molecule has 0 spiro atoms. The summed E-state index contributed by atoms with van der Waals surface area (Å²) in [5.74, 6) is -0.713. The van der Waals surface area contributed by atoms with E-state index in [0.29, 0.717) is 31.6 Å². The molecule has 0 fully saturated rings. The zero-order valence-corrected chi connectivity index (χ0v) is 50.3. The second-order valence-electron chi connectivity index (χ2n) is 21.6. The summed E-state index contributed by atoms with van der Waals surface area (Å²) in [6.07, 6.45) is 29.7. The van der Waals surface area contributed by atoms with Crippen molar-refractivity contribution in [3.8, 4) is 0 Å². The molecule has 2 unspecified atom stereocenters. The van der Waals surface area contributed by atoms with Crippen molar-refractivity contribution in [1.29, 1.82) is 0 Å². The molecule has 76 heavy (non-hydrogen) atoms. The number of carbonyl (C=O) groups excluding carboxylic acids is 4. The van der Waals surface area contributed by atoms with Crippen LogP contribution in [0.5, 0.6) is 0 Å². The van der Waals surface area contributed by atoms with Gasteiger partial charge in [-0.2, -0.15) is 0 Å². The fourth-order valence-corrected chi connectivity index (χ4v) is 9.87. The van der Waals surface area contributed by atoms with Crippen LogP contribution in [0.4, 0.5) is 0 Å². The van der Waals surface area contributed by atoms with E-state index in [1.165, 1.54) is 57.8 Å². The summed E-state index contributed by atoms with van der Waals surface area (Å²) < 4.78 is 67.5. The maximum Gasteiger partial charge on any atom is 0.472 e. The fourth-order valence-electron chi connectivity index (χ4n) is 8.29. The standard InChI is InChI=1S/C57H110O17P2/c1-7-9-11-13-19-27-33-39-54(59)67-45-52(73-56(61)41-35-29-20-14-12-10-8-2)47-71-75(63,64)69-43-51(58)44-70-76(65,66)72-48-53(46-68-55(60)40-34-28-24-18-22-26-32-38-50(5)6)74-57(62)42-36-30-23-17-15-16-21-25-31-37-49(3)4/h49-53,58H,7-48H2,1-6H3,(H,63,64)(H,65,66)/t51-,52+,53+/m0/s1. The van der Waals surface area contributed by atoms with Gasteiger partial charge in [0.25, 0.3) is 0 Å². The van der Waals surface area contributed by atoms with Crippen LogP contribution in [0.1, 0.15) is 273 Å². The van der Waals surface area contributed by atoms with E-state index in [1.54, 1.807) is 0 Å². The third-order valence-corrected chi connectivity index (χ3v) is 14.9. The van der Waals surface area contributed by atoms with Crippen LogP contribution in [0.2, 0.25) is 0 Å². The number of phosphoric ester groups is 2. The van der Waals surface area contributed by atoms with Gasteiger partial charge in [0, 0.05) is 25.7 Å². The highest BCUT2D eigenvalue weighted by Gasteiger charge is 2.30. The van der Waals surface area contributed by atoms with Crippen molar-refractivity contribution < 1.29 is 80.2 Å². The van der Waals surface area contributed by atoms with Gasteiger partial charge in [-0.3, -0.25) is 37.3 Å². The number of phosphoric acid groups is 2. The molecule has 0 saturated heterocycles. The topological polar surface area (TPSA) is 237 Å². The highest BCUT2D eigenvalue weighted by Crippen LogP contribution is 2.45. The molecular weight excluding hydrogens is 1020 g/mol. The maximum atomic E-state index is 12.9. The number of hydrogen-bond acceptors (Lipinski definition) is 15. The summed E-state index contributed by atoms with van der Waals surface area (Å²) in [5, 5.41) is 10.5. The zero-order chi connectivity index (χ0) is 56.6. The quantitative estimate of drug-likeness (QED) is 0.0222. The van der Waals surface area contributed by atoms with Gasteiger partial charge >= 0.3 is 39.5 Å². The van der Waals surface area contributed by atoms with Crippen LogP contribution in [0.15, 0.2) is 0 Å². The van der Waals surface area contributed by atoms with Crippen molar-refractivity contribution in [2.24, 2.45) is 11.8 Å². The lowest BCUT2D eigenvalue weighted by molar-refractivity contribution is -0.161. The van der Waals surface area contributed by atoms with Crippen LogP contribution in [0.3, 0.4) is 0 Å². The molecule has 17 nitrogen and oxygen atoms in total. The van der Waals surface area contributed by atoms with Gasteiger partial charge < -0.3 is 33.8 Å². The number of aliphatic hydroxyl groups excluding tert-OH is 1. The molecule has 19 heteroatoms. The molecule has 0 saturated carbocycles. The average Bonchev–Trinajstić information content (AvgIpc) is 3.37. The van der Waals surface area contributed by atoms with Crippen LogP contribution < -0.4 is 0 Å². The summed E-state index contributed by atoms with van der Waals surface area (Å²) in [7, 11) is -9.86. The van der Waals surface area contributed by atoms with Gasteiger partial charge in [-0.15, -0.1) is 0 Å². The second-order valence-corrected chi connectivity index (χ2v) is 24.5. The number of aliphatic hydroxyl groups is 1. The van der Waals surface area contributed by atoms with E-state index in [4.69, 9.17) is 37.0 Å². The van der Waals surface area contributed by atoms with E-state index in [0.717, 1.165) is 128 Å². The zero-order valence-electron chi connectivity index (χ0n) is 48.5. The first-order valence-electron chi connectivity index (χ1n) is 30.0. The molecule has 0 aliphatic heterocycles. The number of hydrogen-bond donors (Lipinski definition) is 3. The Morgan fingerprint density at radius 2 is 0.605 bits per heavy atom. The average molecular weight is 1130 g/mol. The summed E-state index contributed by atoms with van der Waals surface area (Å²) >= 11 is 0. The van der Waals surface area contributed by atoms with Gasteiger partial charge in [0.15, 0.2) is 12.2 Å². The van der Waals surface area contributed by atoms with Gasteiger partial charge in [0.05, 0.1) is 26.4 Å². The van der Waals surface area contributed by atoms with E-state index in [-0.39, 0.29) is 25.7 Å². The first-order chi connectivity index (χ1) is 36.4. The van der Waals surface area contributed by atoms with E-state index in [2.05, 4.69) is 41.5 Å². The molecule has 0 bridgehead atoms. The second kappa shape index (κ2) is 50.1. The molecular formula is C57H110O17P2. The van der Waals surface area contributed by atoms with Gasteiger partial charge in [-0.05, 0) is 37.5 Å². The normalized spacial score (nSPS) is 14.5. The molecule has 0 aromatic carbocycles. The first kappa shape index (κ1) is 74.1. The van der Waals surface area contributed by atoms with Crippen molar-refractivity contribution in [3.63, 3.8) is 0 Å². The number of carbonyl (C=O) groups is 4. The highest BCUT2D eigenvalue weighted by molar-refractivity contribution is 7.47. The van der Waals surface area contributed by atoms with Crippen molar-refractivity contribution in [1.82, 2.24) is 0 Å². The largest absolute Gasteiger partial charge is 0.472 e. The third kappa shape index (κ3) is 51.5. The molecule has 3 N–H and O–H groups in total. The Hall–Kier alpha value is -1.94. The SMILES string of the molecule is CCCCCCCCCC(=O)OC[C@H](COP(=O)(O)OC[C@H](O)COP(=O)(O)OC[C@@H](COC(=O)CCCCCCCCCC(C)C)OC(=O)CCCCCCCCCCCC(C)C)OC(=O)CCCCCCCCC. The van der Waals surface area contributed by atoms with Crippen LogP contribution in [0.25, 0.3) is 0 Å². The van der Waals surface area contributed by atoms with E-state index >= 15 is 0 Å². The lowest BCUT2D eigenvalue weighted by Gasteiger charge is -2.21. The minimum atomic E-state index is -4.94. The number of ether oxygens (including phenoxy) is 4. The van der Waals surface area contributed by atoms with Crippen LogP contribution in [0, 0.1) is 11.8 Å². The molecule has 0 heterocycles. The van der Waals surface area contributed by atoms with Gasteiger partial charge in [-0.1, -0.05) is 221 Å².